The molecule has 2 N–H and O–H groups in total. The van der Waals surface area contributed by atoms with E-state index in [9.17, 15) is 4.57 Å². The minimum absolute atomic E-state index is 0.277. The second-order valence-corrected chi connectivity index (χ2v) is 4.46. The first-order valence-electron chi connectivity index (χ1n) is 4.86. The minimum Gasteiger partial charge on any atom is -0.404 e. The highest BCUT2D eigenvalue weighted by atomic mass is 31.2. The zero-order valence-corrected chi connectivity index (χ0v) is 9.48. The molecule has 0 aliphatic heterocycles. The summed E-state index contributed by atoms with van der Waals surface area (Å²) in [5.74, 6) is 0.277. The van der Waals surface area contributed by atoms with Gasteiger partial charge in [-0.25, -0.2) is 4.57 Å². The fourth-order valence-electron chi connectivity index (χ4n) is 1.29. The number of para-hydroxylation sites is 1. The van der Waals surface area contributed by atoms with E-state index in [1.807, 2.05) is 12.1 Å². The molecule has 84 valence electrons. The van der Waals surface area contributed by atoms with Crippen molar-refractivity contribution in [3.8, 4) is 5.75 Å². The normalized spacial score (nSPS) is 11.4. The SMILES string of the molecule is CCCCc1ccccc1OP(=O)(O)O. The molecule has 0 saturated carbocycles. The Bertz CT molecular complexity index is 358. The number of aryl methyl sites for hydroxylation is 1. The van der Waals surface area contributed by atoms with Crippen molar-refractivity contribution < 1.29 is 18.9 Å². The van der Waals surface area contributed by atoms with Crippen molar-refractivity contribution in [3.63, 3.8) is 0 Å². The Balaban J connectivity index is 2.81. The summed E-state index contributed by atoms with van der Waals surface area (Å²) in [6, 6.07) is 6.92. The van der Waals surface area contributed by atoms with Crippen LogP contribution < -0.4 is 4.52 Å². The van der Waals surface area contributed by atoms with Crippen molar-refractivity contribution in [2.45, 2.75) is 26.2 Å². The number of hydrogen-bond donors (Lipinski definition) is 2. The van der Waals surface area contributed by atoms with Crippen molar-refractivity contribution in [2.24, 2.45) is 0 Å². The summed E-state index contributed by atoms with van der Waals surface area (Å²) in [6.07, 6.45) is 2.78. The van der Waals surface area contributed by atoms with Gasteiger partial charge >= 0.3 is 7.82 Å². The highest BCUT2D eigenvalue weighted by Crippen LogP contribution is 2.39. The summed E-state index contributed by atoms with van der Waals surface area (Å²) in [5, 5.41) is 0. The molecule has 0 aliphatic rings. The molecule has 0 spiro atoms. The Morgan fingerprint density at radius 1 is 1.33 bits per heavy atom. The first kappa shape index (κ1) is 12.2. The van der Waals surface area contributed by atoms with Crippen LogP contribution in [0.5, 0.6) is 5.75 Å². The lowest BCUT2D eigenvalue weighted by Crippen LogP contribution is -1.95. The van der Waals surface area contributed by atoms with Crippen LogP contribution in [0.3, 0.4) is 0 Å². The van der Waals surface area contributed by atoms with E-state index in [-0.39, 0.29) is 5.75 Å². The number of benzene rings is 1. The quantitative estimate of drug-likeness (QED) is 0.762. The number of phosphoric acid groups is 1. The summed E-state index contributed by atoms with van der Waals surface area (Å²) >= 11 is 0. The molecular formula is C10H15O4P. The fourth-order valence-corrected chi connectivity index (χ4v) is 1.73. The maximum atomic E-state index is 10.7. The topological polar surface area (TPSA) is 66.8 Å². The van der Waals surface area contributed by atoms with E-state index in [0.29, 0.717) is 0 Å². The van der Waals surface area contributed by atoms with E-state index < -0.39 is 7.82 Å². The fraction of sp³-hybridized carbons (Fsp3) is 0.400. The molecule has 0 aromatic heterocycles. The zero-order valence-electron chi connectivity index (χ0n) is 8.59. The summed E-state index contributed by atoms with van der Waals surface area (Å²) in [6.45, 7) is 2.06. The second-order valence-electron chi connectivity index (χ2n) is 3.29. The van der Waals surface area contributed by atoms with Gasteiger partial charge in [0.2, 0.25) is 0 Å². The standard InChI is InChI=1S/C10H15O4P/c1-2-3-6-9-7-4-5-8-10(9)14-15(11,12)13/h4-5,7-8H,2-3,6H2,1H3,(H2,11,12,13). The molecule has 1 aromatic carbocycles. The summed E-state index contributed by atoms with van der Waals surface area (Å²) in [5.41, 5.74) is 0.836. The molecule has 0 aliphatic carbocycles. The lowest BCUT2D eigenvalue weighted by atomic mass is 10.1. The van der Waals surface area contributed by atoms with Gasteiger partial charge in [-0.2, -0.15) is 0 Å². The van der Waals surface area contributed by atoms with Gasteiger partial charge in [0, 0.05) is 0 Å². The molecule has 0 amide bonds. The molecule has 0 fully saturated rings. The van der Waals surface area contributed by atoms with Crippen LogP contribution in [-0.2, 0) is 11.0 Å². The lowest BCUT2D eigenvalue weighted by Gasteiger charge is -2.11. The van der Waals surface area contributed by atoms with Crippen LogP contribution in [0.1, 0.15) is 25.3 Å². The average Bonchev–Trinajstić information content (AvgIpc) is 2.14. The van der Waals surface area contributed by atoms with Crippen molar-refractivity contribution >= 4 is 7.82 Å². The third-order valence-electron chi connectivity index (χ3n) is 1.99. The van der Waals surface area contributed by atoms with E-state index in [1.54, 1.807) is 12.1 Å². The monoisotopic (exact) mass is 230 g/mol. The molecule has 0 radical (unpaired) electrons. The average molecular weight is 230 g/mol. The summed E-state index contributed by atoms with van der Waals surface area (Å²) < 4.78 is 15.3. The molecule has 1 aromatic rings. The van der Waals surface area contributed by atoms with Gasteiger partial charge in [0.25, 0.3) is 0 Å². The van der Waals surface area contributed by atoms with Crippen molar-refractivity contribution in [2.75, 3.05) is 0 Å². The van der Waals surface area contributed by atoms with Crippen LogP contribution in [0, 0.1) is 0 Å². The van der Waals surface area contributed by atoms with Gasteiger partial charge in [-0.1, -0.05) is 31.5 Å². The van der Waals surface area contributed by atoms with Crippen LogP contribution in [0.4, 0.5) is 0 Å². The van der Waals surface area contributed by atoms with Crippen LogP contribution in [0.15, 0.2) is 24.3 Å². The lowest BCUT2D eigenvalue weighted by molar-refractivity contribution is 0.282. The highest BCUT2D eigenvalue weighted by Gasteiger charge is 2.17. The van der Waals surface area contributed by atoms with E-state index >= 15 is 0 Å². The van der Waals surface area contributed by atoms with Gasteiger partial charge in [0.15, 0.2) is 0 Å². The predicted octanol–water partition coefficient (Wildman–Crippen LogP) is 2.50. The predicted molar refractivity (Wildman–Crippen MR) is 57.7 cm³/mol. The molecule has 0 bridgehead atoms. The minimum atomic E-state index is -4.45. The van der Waals surface area contributed by atoms with E-state index in [4.69, 9.17) is 9.79 Å². The van der Waals surface area contributed by atoms with Gasteiger partial charge in [0.05, 0.1) is 0 Å². The molecule has 5 heteroatoms. The molecule has 0 heterocycles. The third-order valence-corrected chi connectivity index (χ3v) is 2.42. The Morgan fingerprint density at radius 2 is 2.00 bits per heavy atom. The number of rotatable bonds is 5. The first-order chi connectivity index (χ1) is 7.03. The van der Waals surface area contributed by atoms with Crippen LogP contribution >= 0.6 is 7.82 Å². The molecular weight excluding hydrogens is 215 g/mol. The van der Waals surface area contributed by atoms with Crippen molar-refractivity contribution in [3.05, 3.63) is 29.8 Å². The van der Waals surface area contributed by atoms with Crippen LogP contribution in [0.2, 0.25) is 0 Å². The van der Waals surface area contributed by atoms with E-state index in [1.165, 1.54) is 0 Å². The Kier molecular flexibility index (Phi) is 4.33. The van der Waals surface area contributed by atoms with Gasteiger partial charge in [-0.05, 0) is 24.5 Å². The van der Waals surface area contributed by atoms with Gasteiger partial charge < -0.3 is 4.52 Å². The van der Waals surface area contributed by atoms with E-state index in [0.717, 1.165) is 24.8 Å². The van der Waals surface area contributed by atoms with Crippen LogP contribution in [-0.4, -0.2) is 9.79 Å². The van der Waals surface area contributed by atoms with Gasteiger partial charge in [-0.3, -0.25) is 9.79 Å². The van der Waals surface area contributed by atoms with Crippen molar-refractivity contribution in [1.82, 2.24) is 0 Å². The maximum Gasteiger partial charge on any atom is 0.524 e. The van der Waals surface area contributed by atoms with Gasteiger partial charge in [-0.15, -0.1) is 0 Å². The number of unbranched alkanes of at least 4 members (excludes halogenated alkanes) is 1. The highest BCUT2D eigenvalue weighted by molar-refractivity contribution is 7.46. The Labute approximate surface area is 89.1 Å². The van der Waals surface area contributed by atoms with Crippen LogP contribution in [0.25, 0.3) is 0 Å². The number of phosphoric ester groups is 1. The van der Waals surface area contributed by atoms with Gasteiger partial charge in [0.1, 0.15) is 5.75 Å². The summed E-state index contributed by atoms with van der Waals surface area (Å²) in [7, 11) is -4.45. The molecule has 0 saturated heterocycles. The molecule has 0 atom stereocenters. The molecule has 4 nitrogen and oxygen atoms in total. The smallest absolute Gasteiger partial charge is 0.404 e. The number of hydrogen-bond acceptors (Lipinski definition) is 2. The Morgan fingerprint density at radius 3 is 2.60 bits per heavy atom. The molecule has 15 heavy (non-hydrogen) atoms. The molecule has 1 rings (SSSR count). The Hall–Kier alpha value is -0.830. The zero-order chi connectivity index (χ0) is 11.3. The molecule has 0 unspecified atom stereocenters. The first-order valence-corrected chi connectivity index (χ1v) is 6.39. The largest absolute Gasteiger partial charge is 0.524 e. The van der Waals surface area contributed by atoms with Crippen molar-refractivity contribution in [1.29, 1.82) is 0 Å². The summed E-state index contributed by atoms with van der Waals surface area (Å²) in [4.78, 5) is 17.4. The van der Waals surface area contributed by atoms with E-state index in [2.05, 4.69) is 11.4 Å². The second kappa shape index (κ2) is 5.31. The third kappa shape index (κ3) is 4.47. The maximum absolute atomic E-state index is 10.7.